The first-order chi connectivity index (χ1) is 19.4. The Labute approximate surface area is 236 Å². The van der Waals surface area contributed by atoms with Crippen LogP contribution in [0.15, 0.2) is 60.9 Å². The lowest BCUT2D eigenvalue weighted by Gasteiger charge is -2.18. The molecule has 4 heterocycles. The molecule has 2 aromatic heterocycles. The average molecular weight is 558 g/mol. The normalized spacial score (nSPS) is 16.1. The van der Waals surface area contributed by atoms with Gasteiger partial charge in [-0.2, -0.15) is 10.1 Å². The van der Waals surface area contributed by atoms with Crippen molar-refractivity contribution in [2.24, 2.45) is 7.05 Å². The molecule has 0 unspecified atom stereocenters. The van der Waals surface area contributed by atoms with E-state index >= 15 is 0 Å². The molecule has 0 radical (unpaired) electrons. The van der Waals surface area contributed by atoms with Gasteiger partial charge in [-0.1, -0.05) is 23.7 Å². The van der Waals surface area contributed by atoms with Gasteiger partial charge in [0.25, 0.3) is 5.91 Å². The number of aromatic nitrogens is 4. The predicted molar refractivity (Wildman–Crippen MR) is 154 cm³/mol. The molecule has 11 nitrogen and oxygen atoms in total. The number of carbonyl (C=O) groups excluding carboxylic acids is 2. The largest absolute Gasteiger partial charge is 0.339 e. The van der Waals surface area contributed by atoms with Gasteiger partial charge >= 0.3 is 6.03 Å². The van der Waals surface area contributed by atoms with Crippen LogP contribution >= 0.6 is 11.6 Å². The van der Waals surface area contributed by atoms with Gasteiger partial charge in [-0.25, -0.2) is 9.78 Å². The number of urea groups is 1. The van der Waals surface area contributed by atoms with Crippen LogP contribution in [0, 0.1) is 0 Å². The zero-order valence-corrected chi connectivity index (χ0v) is 22.6. The molecule has 0 spiro atoms. The average Bonchev–Trinajstić information content (AvgIpc) is 3.59. The van der Waals surface area contributed by atoms with E-state index in [4.69, 9.17) is 11.6 Å². The molecule has 1 fully saturated rings. The lowest BCUT2D eigenvalue weighted by atomic mass is 10.0. The number of anilines is 5. The fraction of sp³-hybridized carbons (Fsp3) is 0.250. The van der Waals surface area contributed by atoms with E-state index in [0.29, 0.717) is 54.1 Å². The van der Waals surface area contributed by atoms with Crippen molar-refractivity contribution < 1.29 is 9.59 Å². The molecule has 6 rings (SSSR count). The van der Waals surface area contributed by atoms with Crippen LogP contribution in [0.2, 0.25) is 5.02 Å². The number of fused-ring (bicyclic) bond motifs is 6. The molecule has 3 amide bonds. The zero-order chi connectivity index (χ0) is 27.6. The second-order valence-electron chi connectivity index (χ2n) is 9.92. The van der Waals surface area contributed by atoms with Gasteiger partial charge in [-0.3, -0.25) is 9.48 Å². The van der Waals surface area contributed by atoms with Crippen LogP contribution in [0.3, 0.4) is 0 Å². The van der Waals surface area contributed by atoms with Crippen LogP contribution in [0.4, 0.5) is 33.6 Å². The number of nitrogens with one attached hydrogen (secondary N) is 4. The minimum atomic E-state index is -0.313. The number of carbonyl (C=O) groups is 2. The first-order valence-corrected chi connectivity index (χ1v) is 13.4. The number of amides is 3. The first kappa shape index (κ1) is 25.6. The molecular weight excluding hydrogens is 530 g/mol. The molecule has 0 aliphatic carbocycles. The smallest absolute Gasteiger partial charge is 0.319 e. The van der Waals surface area contributed by atoms with Gasteiger partial charge in [-0.05, 0) is 66.8 Å². The summed E-state index contributed by atoms with van der Waals surface area (Å²) in [6.45, 7) is 0.998. The summed E-state index contributed by atoms with van der Waals surface area (Å²) in [5, 5.41) is 17.1. The molecule has 2 aliphatic heterocycles. The summed E-state index contributed by atoms with van der Waals surface area (Å²) < 4.78 is 1.60. The summed E-state index contributed by atoms with van der Waals surface area (Å²) in [5.74, 6) is 0.783. The number of aryl methyl sites for hydroxylation is 3. The van der Waals surface area contributed by atoms with Crippen molar-refractivity contribution in [1.29, 1.82) is 0 Å². The SMILES string of the molecule is Cn1ccc(C(=O)N2CC[C@H](NC(=O)Nc3ccc4cc3CCc3cccc(c3)Nc3ncc(Cl)c(n3)N4)C2)n1. The van der Waals surface area contributed by atoms with E-state index in [1.807, 2.05) is 30.3 Å². The second-order valence-corrected chi connectivity index (χ2v) is 10.3. The van der Waals surface area contributed by atoms with Crippen molar-refractivity contribution in [2.45, 2.75) is 25.3 Å². The molecule has 0 saturated carbocycles. The molecule has 4 aromatic rings. The summed E-state index contributed by atoms with van der Waals surface area (Å²) >= 11 is 6.37. The highest BCUT2D eigenvalue weighted by Gasteiger charge is 2.29. The zero-order valence-electron chi connectivity index (χ0n) is 21.8. The van der Waals surface area contributed by atoms with Crippen LogP contribution in [0.5, 0.6) is 0 Å². The lowest BCUT2D eigenvalue weighted by Crippen LogP contribution is -2.40. The molecule has 2 aromatic carbocycles. The summed E-state index contributed by atoms with van der Waals surface area (Å²) in [7, 11) is 1.78. The van der Waals surface area contributed by atoms with Gasteiger partial charge < -0.3 is 26.2 Å². The Kier molecular flexibility index (Phi) is 6.95. The maximum absolute atomic E-state index is 13.0. The molecule has 4 N–H and O–H groups in total. The first-order valence-electron chi connectivity index (χ1n) is 13.0. The highest BCUT2D eigenvalue weighted by molar-refractivity contribution is 6.32. The van der Waals surface area contributed by atoms with Crippen LogP contribution in [0.1, 0.15) is 28.0 Å². The van der Waals surface area contributed by atoms with Crippen LogP contribution in [-0.4, -0.2) is 55.7 Å². The quantitative estimate of drug-likeness (QED) is 0.292. The van der Waals surface area contributed by atoms with E-state index in [0.717, 1.165) is 28.9 Å². The summed E-state index contributed by atoms with van der Waals surface area (Å²) in [5.41, 5.74) is 4.88. The Morgan fingerprint density at radius 1 is 1.07 bits per heavy atom. The molecule has 2 aliphatic rings. The number of rotatable bonds is 3. The fourth-order valence-corrected chi connectivity index (χ4v) is 5.10. The molecule has 1 atom stereocenters. The molecule has 1 saturated heterocycles. The van der Waals surface area contributed by atoms with Crippen molar-refractivity contribution in [3.05, 3.63) is 82.8 Å². The van der Waals surface area contributed by atoms with E-state index in [-0.39, 0.29) is 18.0 Å². The predicted octanol–water partition coefficient (Wildman–Crippen LogP) is 4.49. The number of hydrogen-bond donors (Lipinski definition) is 4. The van der Waals surface area contributed by atoms with Gasteiger partial charge in [0.05, 0.1) is 6.20 Å². The standard InChI is InChI=1S/C28H28ClN9O2/c1-37-11-10-24(36-37)26(39)38-12-9-21(16-38)33-28(40)34-23-8-7-20-14-18(23)6-5-17-3-2-4-19(13-17)32-27-30-15-22(29)25(31-20)35-27/h2-4,7-8,10-11,13-15,21H,5-6,9,12,16H2,1H3,(H2,33,34,40)(H2,30,31,32,35)/t21-/m0/s1. The third-order valence-electron chi connectivity index (χ3n) is 6.97. The molecular formula is C28H28ClN9O2. The van der Waals surface area contributed by atoms with Gasteiger partial charge in [0.1, 0.15) is 10.7 Å². The van der Waals surface area contributed by atoms with E-state index in [1.165, 1.54) is 0 Å². The van der Waals surface area contributed by atoms with E-state index < -0.39 is 0 Å². The maximum Gasteiger partial charge on any atom is 0.319 e. The van der Waals surface area contributed by atoms with Gasteiger partial charge in [0.15, 0.2) is 5.82 Å². The lowest BCUT2D eigenvalue weighted by molar-refractivity contribution is 0.0783. The third kappa shape index (κ3) is 5.69. The summed E-state index contributed by atoms with van der Waals surface area (Å²) in [6, 6.07) is 15.0. The number of likely N-dealkylation sites (tertiary alicyclic amines) is 1. The Hall–Kier alpha value is -4.64. The van der Waals surface area contributed by atoms with Crippen molar-refractivity contribution in [3.8, 4) is 0 Å². The molecule has 6 bridgehead atoms. The Morgan fingerprint density at radius 2 is 1.95 bits per heavy atom. The highest BCUT2D eigenvalue weighted by Crippen LogP contribution is 2.29. The number of benzene rings is 2. The van der Waals surface area contributed by atoms with Crippen LogP contribution < -0.4 is 21.3 Å². The molecule has 204 valence electrons. The summed E-state index contributed by atoms with van der Waals surface area (Å²) in [4.78, 5) is 36.3. The van der Waals surface area contributed by atoms with E-state index in [2.05, 4.69) is 48.5 Å². The van der Waals surface area contributed by atoms with Crippen molar-refractivity contribution in [3.63, 3.8) is 0 Å². The van der Waals surface area contributed by atoms with Crippen molar-refractivity contribution in [1.82, 2.24) is 30.0 Å². The highest BCUT2D eigenvalue weighted by atomic mass is 35.5. The summed E-state index contributed by atoms with van der Waals surface area (Å²) in [6.07, 6.45) is 5.43. The topological polar surface area (TPSA) is 129 Å². The van der Waals surface area contributed by atoms with Crippen molar-refractivity contribution >= 4 is 52.4 Å². The monoisotopic (exact) mass is 557 g/mol. The molecule has 12 heteroatoms. The van der Waals surface area contributed by atoms with E-state index in [1.54, 1.807) is 35.1 Å². The number of hydrogen-bond acceptors (Lipinski definition) is 7. The fourth-order valence-electron chi connectivity index (χ4n) is 4.96. The molecule has 40 heavy (non-hydrogen) atoms. The van der Waals surface area contributed by atoms with Crippen molar-refractivity contribution in [2.75, 3.05) is 29.0 Å². The Balaban J connectivity index is 1.18. The number of halogens is 1. The Bertz CT molecular complexity index is 1590. The minimum absolute atomic E-state index is 0.130. The Morgan fingerprint density at radius 3 is 2.80 bits per heavy atom. The van der Waals surface area contributed by atoms with Gasteiger partial charge in [-0.15, -0.1) is 0 Å². The third-order valence-corrected chi connectivity index (χ3v) is 7.25. The second kappa shape index (κ2) is 10.9. The van der Waals surface area contributed by atoms with Crippen LogP contribution in [-0.2, 0) is 19.9 Å². The van der Waals surface area contributed by atoms with Crippen LogP contribution in [0.25, 0.3) is 0 Å². The van der Waals surface area contributed by atoms with Gasteiger partial charge in [0, 0.05) is 49.4 Å². The van der Waals surface area contributed by atoms with E-state index in [9.17, 15) is 9.59 Å². The minimum Gasteiger partial charge on any atom is -0.339 e. The number of nitrogens with zero attached hydrogens (tertiary/aromatic N) is 5. The maximum atomic E-state index is 13.0. The van der Waals surface area contributed by atoms with Gasteiger partial charge in [0.2, 0.25) is 5.95 Å².